The molecular weight excluding hydrogens is 358 g/mol. The first-order chi connectivity index (χ1) is 12.1. The molecule has 26 heavy (non-hydrogen) atoms. The number of anilines is 1. The predicted octanol–water partition coefficient (Wildman–Crippen LogP) is 1.35. The van der Waals surface area contributed by atoms with E-state index < -0.39 is 6.04 Å². The van der Waals surface area contributed by atoms with E-state index in [1.807, 2.05) is 0 Å². The van der Waals surface area contributed by atoms with E-state index in [-0.39, 0.29) is 30.1 Å². The number of hydrogen-bond donors (Lipinski definition) is 2. The third kappa shape index (κ3) is 4.40. The van der Waals surface area contributed by atoms with E-state index in [9.17, 15) is 9.59 Å². The second-order valence-electron chi connectivity index (χ2n) is 6.43. The highest BCUT2D eigenvalue weighted by atomic mass is 35.5. The van der Waals surface area contributed by atoms with Gasteiger partial charge in [-0.1, -0.05) is 0 Å². The average molecular weight is 384 g/mol. The standard InChI is InChI=1S/C18H25N3O4.ClH/c1-24-14-9-13(10-15(11-14)25-2)21-8-5-16(18(21)23)20-17(22)12-3-6-19-7-4-12;/h9-12,16,19H,3-8H2,1-2H3,(H,20,22);1H. The molecule has 2 heterocycles. The lowest BCUT2D eigenvalue weighted by molar-refractivity contribution is -0.129. The first kappa shape index (κ1) is 20.3. The SMILES string of the molecule is COc1cc(OC)cc(N2CCC(NC(=O)C3CCNCC3)C2=O)c1.Cl. The summed E-state index contributed by atoms with van der Waals surface area (Å²) < 4.78 is 10.5. The molecule has 1 atom stereocenters. The van der Waals surface area contributed by atoms with Crippen molar-refractivity contribution < 1.29 is 19.1 Å². The average Bonchev–Trinajstić information content (AvgIpc) is 3.02. The summed E-state index contributed by atoms with van der Waals surface area (Å²) in [7, 11) is 3.15. The fourth-order valence-corrected chi connectivity index (χ4v) is 3.39. The Kier molecular flexibility index (Phi) is 7.11. The molecular formula is C18H26ClN3O4. The lowest BCUT2D eigenvalue weighted by Crippen LogP contribution is -2.46. The van der Waals surface area contributed by atoms with Gasteiger partial charge in [0, 0.05) is 30.7 Å². The Bertz CT molecular complexity index is 627. The molecule has 0 aromatic heterocycles. The maximum absolute atomic E-state index is 12.7. The van der Waals surface area contributed by atoms with Crippen LogP contribution in [0.4, 0.5) is 5.69 Å². The van der Waals surface area contributed by atoms with Gasteiger partial charge in [-0.05, 0) is 32.4 Å². The van der Waals surface area contributed by atoms with Crippen LogP contribution < -0.4 is 25.0 Å². The molecule has 8 heteroatoms. The maximum atomic E-state index is 12.7. The predicted molar refractivity (Wildman–Crippen MR) is 101 cm³/mol. The number of piperidine rings is 1. The molecule has 2 fully saturated rings. The van der Waals surface area contributed by atoms with Gasteiger partial charge < -0.3 is 25.0 Å². The lowest BCUT2D eigenvalue weighted by atomic mass is 9.97. The number of hydrogen-bond acceptors (Lipinski definition) is 5. The van der Waals surface area contributed by atoms with Crippen molar-refractivity contribution in [2.45, 2.75) is 25.3 Å². The van der Waals surface area contributed by atoms with Gasteiger partial charge in [-0.25, -0.2) is 0 Å². The second-order valence-corrected chi connectivity index (χ2v) is 6.43. The number of nitrogens with zero attached hydrogens (tertiary/aromatic N) is 1. The number of halogens is 1. The molecule has 144 valence electrons. The molecule has 2 aliphatic heterocycles. The summed E-state index contributed by atoms with van der Waals surface area (Å²) in [5.41, 5.74) is 0.722. The quantitative estimate of drug-likeness (QED) is 0.802. The molecule has 3 rings (SSSR count). The topological polar surface area (TPSA) is 79.9 Å². The summed E-state index contributed by atoms with van der Waals surface area (Å²) in [5.74, 6) is 1.16. The van der Waals surface area contributed by atoms with Crippen LogP contribution in [-0.4, -0.2) is 51.7 Å². The van der Waals surface area contributed by atoms with Crippen LogP contribution in [0, 0.1) is 5.92 Å². The van der Waals surface area contributed by atoms with Crippen LogP contribution in [0.25, 0.3) is 0 Å². The van der Waals surface area contributed by atoms with Crippen molar-refractivity contribution in [3.63, 3.8) is 0 Å². The minimum absolute atomic E-state index is 0. The first-order valence-electron chi connectivity index (χ1n) is 8.68. The Hall–Kier alpha value is -1.99. The van der Waals surface area contributed by atoms with Gasteiger partial charge in [-0.2, -0.15) is 0 Å². The van der Waals surface area contributed by atoms with Crippen LogP contribution in [0.5, 0.6) is 11.5 Å². The number of carbonyl (C=O) groups is 2. The van der Waals surface area contributed by atoms with Gasteiger partial charge in [0.05, 0.1) is 19.9 Å². The number of rotatable bonds is 5. The van der Waals surface area contributed by atoms with Crippen molar-refractivity contribution in [2.24, 2.45) is 5.92 Å². The summed E-state index contributed by atoms with van der Waals surface area (Å²) >= 11 is 0. The van der Waals surface area contributed by atoms with Gasteiger partial charge >= 0.3 is 0 Å². The minimum atomic E-state index is -0.459. The van der Waals surface area contributed by atoms with E-state index in [1.54, 1.807) is 37.3 Å². The molecule has 0 aliphatic carbocycles. The zero-order chi connectivity index (χ0) is 17.8. The monoisotopic (exact) mass is 383 g/mol. The van der Waals surface area contributed by atoms with Gasteiger partial charge in [-0.15, -0.1) is 12.4 Å². The van der Waals surface area contributed by atoms with Crippen molar-refractivity contribution in [2.75, 3.05) is 38.8 Å². The largest absolute Gasteiger partial charge is 0.497 e. The van der Waals surface area contributed by atoms with Crippen LogP contribution in [0.15, 0.2) is 18.2 Å². The van der Waals surface area contributed by atoms with Crippen molar-refractivity contribution in [3.8, 4) is 11.5 Å². The third-order valence-electron chi connectivity index (χ3n) is 4.88. The fraction of sp³-hybridized carbons (Fsp3) is 0.556. The second kappa shape index (κ2) is 9.09. The van der Waals surface area contributed by atoms with Gasteiger partial charge in [0.15, 0.2) is 0 Å². The smallest absolute Gasteiger partial charge is 0.249 e. The number of carbonyl (C=O) groups excluding carboxylic acids is 2. The third-order valence-corrected chi connectivity index (χ3v) is 4.88. The number of methoxy groups -OCH3 is 2. The molecule has 2 saturated heterocycles. The highest BCUT2D eigenvalue weighted by Gasteiger charge is 2.35. The highest BCUT2D eigenvalue weighted by Crippen LogP contribution is 2.31. The van der Waals surface area contributed by atoms with Crippen molar-refractivity contribution in [3.05, 3.63) is 18.2 Å². The van der Waals surface area contributed by atoms with E-state index in [4.69, 9.17) is 9.47 Å². The molecule has 2 N–H and O–H groups in total. The Morgan fingerprint density at radius 3 is 2.31 bits per heavy atom. The van der Waals surface area contributed by atoms with Crippen LogP contribution in [0.2, 0.25) is 0 Å². The molecule has 2 aliphatic rings. The summed E-state index contributed by atoms with van der Waals surface area (Å²) in [6.07, 6.45) is 2.25. The van der Waals surface area contributed by atoms with Crippen molar-refractivity contribution in [1.29, 1.82) is 0 Å². The summed E-state index contributed by atoms with van der Waals surface area (Å²) in [4.78, 5) is 26.8. The number of nitrogens with one attached hydrogen (secondary N) is 2. The summed E-state index contributed by atoms with van der Waals surface area (Å²) in [5, 5.41) is 6.18. The molecule has 0 radical (unpaired) electrons. The first-order valence-corrected chi connectivity index (χ1v) is 8.68. The maximum Gasteiger partial charge on any atom is 0.249 e. The normalized spacial score (nSPS) is 20.5. The molecule has 1 aromatic rings. The Morgan fingerprint density at radius 2 is 1.73 bits per heavy atom. The van der Waals surface area contributed by atoms with Crippen LogP contribution in [-0.2, 0) is 9.59 Å². The van der Waals surface area contributed by atoms with E-state index in [0.29, 0.717) is 24.5 Å². The molecule has 2 amide bonds. The zero-order valence-electron chi connectivity index (χ0n) is 15.1. The van der Waals surface area contributed by atoms with Gasteiger partial charge in [0.1, 0.15) is 17.5 Å². The van der Waals surface area contributed by atoms with Crippen LogP contribution >= 0.6 is 12.4 Å². The Balaban J connectivity index is 0.00000243. The molecule has 1 unspecified atom stereocenters. The lowest BCUT2D eigenvalue weighted by Gasteiger charge is -2.23. The number of benzene rings is 1. The van der Waals surface area contributed by atoms with E-state index in [2.05, 4.69) is 10.6 Å². The number of ether oxygens (including phenoxy) is 2. The van der Waals surface area contributed by atoms with E-state index in [0.717, 1.165) is 31.6 Å². The molecule has 0 saturated carbocycles. The van der Waals surface area contributed by atoms with E-state index >= 15 is 0 Å². The molecule has 7 nitrogen and oxygen atoms in total. The molecule has 1 aromatic carbocycles. The Labute approximate surface area is 159 Å². The summed E-state index contributed by atoms with van der Waals surface area (Å²) in [6, 6.07) is 4.91. The van der Waals surface area contributed by atoms with Crippen molar-refractivity contribution in [1.82, 2.24) is 10.6 Å². The van der Waals surface area contributed by atoms with E-state index in [1.165, 1.54) is 0 Å². The molecule has 0 bridgehead atoms. The van der Waals surface area contributed by atoms with Crippen molar-refractivity contribution >= 4 is 29.9 Å². The Morgan fingerprint density at radius 1 is 1.12 bits per heavy atom. The number of amides is 2. The molecule has 0 spiro atoms. The van der Waals surface area contributed by atoms with Gasteiger partial charge in [-0.3, -0.25) is 9.59 Å². The minimum Gasteiger partial charge on any atom is -0.497 e. The fourth-order valence-electron chi connectivity index (χ4n) is 3.39. The van der Waals surface area contributed by atoms with Gasteiger partial charge in [0.25, 0.3) is 0 Å². The van der Waals surface area contributed by atoms with Gasteiger partial charge in [0.2, 0.25) is 11.8 Å². The zero-order valence-corrected chi connectivity index (χ0v) is 15.9. The highest BCUT2D eigenvalue weighted by molar-refractivity contribution is 6.01. The van der Waals surface area contributed by atoms with Crippen LogP contribution in [0.1, 0.15) is 19.3 Å². The summed E-state index contributed by atoms with van der Waals surface area (Å²) in [6.45, 7) is 2.27. The van der Waals surface area contributed by atoms with Crippen LogP contribution in [0.3, 0.4) is 0 Å².